The van der Waals surface area contributed by atoms with Crippen molar-refractivity contribution < 1.29 is 4.43 Å². The first-order valence-corrected chi connectivity index (χ1v) is 10.1. The first kappa shape index (κ1) is 11.9. The van der Waals surface area contributed by atoms with Crippen LogP contribution in [0.25, 0.3) is 10.8 Å². The van der Waals surface area contributed by atoms with Gasteiger partial charge in [0, 0.05) is 0 Å². The van der Waals surface area contributed by atoms with Gasteiger partial charge in [-0.05, 0) is 54.9 Å². The summed E-state index contributed by atoms with van der Waals surface area (Å²) in [4.78, 5) is 0. The molecule has 1 aliphatic rings. The Labute approximate surface area is 110 Å². The number of rotatable bonds is 3. The molecule has 0 bridgehead atoms. The van der Waals surface area contributed by atoms with Crippen LogP contribution in [-0.4, -0.2) is 8.32 Å². The molecule has 0 spiro atoms. The molecule has 1 fully saturated rings. The van der Waals surface area contributed by atoms with Crippen molar-refractivity contribution in [2.24, 2.45) is 0 Å². The lowest BCUT2D eigenvalue weighted by Crippen LogP contribution is -2.32. The van der Waals surface area contributed by atoms with Crippen molar-refractivity contribution in [2.45, 2.75) is 38.1 Å². The fourth-order valence-corrected chi connectivity index (χ4v) is 4.12. The first-order valence-electron chi connectivity index (χ1n) is 6.68. The maximum absolute atomic E-state index is 6.41. The highest BCUT2D eigenvalue weighted by Crippen LogP contribution is 2.51. The monoisotopic (exact) mass is 256 g/mol. The molecule has 2 aromatic carbocycles. The van der Waals surface area contributed by atoms with E-state index in [4.69, 9.17) is 4.43 Å². The largest absolute Gasteiger partial charge is 0.408 e. The molecule has 0 atom stereocenters. The van der Waals surface area contributed by atoms with Crippen LogP contribution in [0.15, 0.2) is 42.5 Å². The molecule has 3 rings (SSSR count). The van der Waals surface area contributed by atoms with Crippen LogP contribution in [-0.2, 0) is 10.0 Å². The second-order valence-corrected chi connectivity index (χ2v) is 10.7. The van der Waals surface area contributed by atoms with Gasteiger partial charge in [0.05, 0.1) is 5.60 Å². The van der Waals surface area contributed by atoms with Gasteiger partial charge in [-0.25, -0.2) is 0 Å². The predicted octanol–water partition coefficient (Wildman–Crippen LogP) is 4.68. The normalized spacial score (nSPS) is 17.9. The molecule has 1 saturated carbocycles. The molecule has 0 radical (unpaired) electrons. The molecular weight excluding hydrogens is 236 g/mol. The van der Waals surface area contributed by atoms with Crippen LogP contribution < -0.4 is 0 Å². The first-order chi connectivity index (χ1) is 8.49. The smallest absolute Gasteiger partial charge is 0.184 e. The van der Waals surface area contributed by atoms with Crippen molar-refractivity contribution in [3.05, 3.63) is 48.0 Å². The van der Waals surface area contributed by atoms with E-state index in [-0.39, 0.29) is 5.60 Å². The molecule has 0 N–H and O–H groups in total. The van der Waals surface area contributed by atoms with E-state index in [0.717, 1.165) is 0 Å². The van der Waals surface area contributed by atoms with Crippen molar-refractivity contribution in [3.63, 3.8) is 0 Å². The fourth-order valence-electron chi connectivity index (χ4n) is 2.62. The molecule has 1 aliphatic carbocycles. The minimum absolute atomic E-state index is 0.0362. The van der Waals surface area contributed by atoms with Crippen molar-refractivity contribution in [1.82, 2.24) is 0 Å². The van der Waals surface area contributed by atoms with E-state index in [9.17, 15) is 0 Å². The lowest BCUT2D eigenvalue weighted by Gasteiger charge is -2.27. The number of hydrogen-bond donors (Lipinski definition) is 0. The van der Waals surface area contributed by atoms with Gasteiger partial charge in [-0.15, -0.1) is 0 Å². The van der Waals surface area contributed by atoms with Crippen LogP contribution >= 0.6 is 0 Å². The van der Waals surface area contributed by atoms with Gasteiger partial charge < -0.3 is 4.43 Å². The van der Waals surface area contributed by atoms with E-state index in [0.29, 0.717) is 0 Å². The van der Waals surface area contributed by atoms with Gasteiger partial charge in [0.2, 0.25) is 0 Å². The van der Waals surface area contributed by atoms with Crippen LogP contribution in [0, 0.1) is 0 Å². The van der Waals surface area contributed by atoms with Gasteiger partial charge in [-0.2, -0.15) is 0 Å². The third-order valence-electron chi connectivity index (χ3n) is 3.48. The maximum Gasteiger partial charge on any atom is 0.184 e. The predicted molar refractivity (Wildman–Crippen MR) is 79.3 cm³/mol. The average Bonchev–Trinajstić information content (AvgIpc) is 3.07. The molecule has 2 heteroatoms. The van der Waals surface area contributed by atoms with Gasteiger partial charge in [0.15, 0.2) is 8.32 Å². The summed E-state index contributed by atoms with van der Waals surface area (Å²) in [5.74, 6) is 0. The Hall–Kier alpha value is -1.12. The van der Waals surface area contributed by atoms with Crippen molar-refractivity contribution in [2.75, 3.05) is 0 Å². The summed E-state index contributed by atoms with van der Waals surface area (Å²) in [6.07, 6.45) is 2.35. The zero-order chi connectivity index (χ0) is 12.8. The standard InChI is InChI=1S/C16H20OSi/c1-18(2,3)17-16(10-11-16)15-9-8-13-6-4-5-7-14(13)12-15/h4-9,12H,10-11H2,1-3H3. The molecular formula is C16H20OSi. The van der Waals surface area contributed by atoms with Gasteiger partial charge in [0.25, 0.3) is 0 Å². The summed E-state index contributed by atoms with van der Waals surface area (Å²) in [5, 5.41) is 2.63. The van der Waals surface area contributed by atoms with E-state index in [1.165, 1.54) is 29.2 Å². The molecule has 18 heavy (non-hydrogen) atoms. The molecule has 0 heterocycles. The van der Waals surface area contributed by atoms with E-state index in [1.807, 2.05) is 0 Å². The molecule has 0 amide bonds. The summed E-state index contributed by atoms with van der Waals surface area (Å²) in [6, 6.07) is 15.3. The van der Waals surface area contributed by atoms with Crippen LogP contribution in [0.3, 0.4) is 0 Å². The highest BCUT2D eigenvalue weighted by Gasteiger charge is 2.48. The summed E-state index contributed by atoms with van der Waals surface area (Å²) in [7, 11) is -1.48. The van der Waals surface area contributed by atoms with Gasteiger partial charge in [0.1, 0.15) is 0 Å². The van der Waals surface area contributed by atoms with E-state index in [1.54, 1.807) is 0 Å². The maximum atomic E-state index is 6.41. The highest BCUT2D eigenvalue weighted by atomic mass is 28.4. The van der Waals surface area contributed by atoms with Gasteiger partial charge in [-0.1, -0.05) is 36.4 Å². The minimum Gasteiger partial charge on any atom is -0.408 e. The van der Waals surface area contributed by atoms with E-state index < -0.39 is 8.32 Å². The van der Waals surface area contributed by atoms with E-state index in [2.05, 4.69) is 62.1 Å². The molecule has 94 valence electrons. The Bertz CT molecular complexity index is 579. The molecule has 2 aromatic rings. The van der Waals surface area contributed by atoms with Crippen molar-refractivity contribution >= 4 is 19.1 Å². The van der Waals surface area contributed by atoms with Crippen LogP contribution in [0.5, 0.6) is 0 Å². The Morgan fingerprint density at radius 2 is 1.61 bits per heavy atom. The molecule has 0 aromatic heterocycles. The van der Waals surface area contributed by atoms with Crippen LogP contribution in [0.2, 0.25) is 19.6 Å². The van der Waals surface area contributed by atoms with Crippen molar-refractivity contribution in [1.29, 1.82) is 0 Å². The molecule has 0 saturated heterocycles. The molecule has 1 nitrogen and oxygen atoms in total. The molecule has 0 aliphatic heterocycles. The zero-order valence-corrected chi connectivity index (χ0v) is 12.4. The van der Waals surface area contributed by atoms with Crippen molar-refractivity contribution in [3.8, 4) is 0 Å². The lowest BCUT2D eigenvalue weighted by atomic mass is 10.0. The fraction of sp³-hybridized carbons (Fsp3) is 0.375. The minimum atomic E-state index is -1.48. The third kappa shape index (κ3) is 2.23. The number of fused-ring (bicyclic) bond motifs is 1. The number of benzene rings is 2. The quantitative estimate of drug-likeness (QED) is 0.724. The number of hydrogen-bond acceptors (Lipinski definition) is 1. The summed E-state index contributed by atoms with van der Waals surface area (Å²) < 4.78 is 6.41. The Balaban J connectivity index is 1.99. The van der Waals surface area contributed by atoms with Crippen LogP contribution in [0.1, 0.15) is 18.4 Å². The second-order valence-electron chi connectivity index (χ2n) is 6.27. The molecule has 0 unspecified atom stereocenters. The topological polar surface area (TPSA) is 9.23 Å². The average molecular weight is 256 g/mol. The second kappa shape index (κ2) is 3.94. The highest BCUT2D eigenvalue weighted by molar-refractivity contribution is 6.69. The van der Waals surface area contributed by atoms with Gasteiger partial charge in [-0.3, -0.25) is 0 Å². The van der Waals surface area contributed by atoms with E-state index >= 15 is 0 Å². The third-order valence-corrected chi connectivity index (χ3v) is 4.48. The summed E-state index contributed by atoms with van der Waals surface area (Å²) in [6.45, 7) is 6.82. The summed E-state index contributed by atoms with van der Waals surface area (Å²) >= 11 is 0. The van der Waals surface area contributed by atoms with Gasteiger partial charge >= 0.3 is 0 Å². The lowest BCUT2D eigenvalue weighted by molar-refractivity contribution is 0.173. The summed E-state index contributed by atoms with van der Waals surface area (Å²) in [5.41, 5.74) is 1.40. The van der Waals surface area contributed by atoms with Crippen LogP contribution in [0.4, 0.5) is 0 Å². The Morgan fingerprint density at radius 1 is 0.944 bits per heavy atom. The zero-order valence-electron chi connectivity index (χ0n) is 11.4. The Kier molecular flexibility index (Phi) is 2.61. The Morgan fingerprint density at radius 3 is 2.22 bits per heavy atom. The SMILES string of the molecule is C[Si](C)(C)OC1(c2ccc3ccccc3c2)CC1.